The molecule has 1 N–H and O–H groups in total. The number of nitrogens with zero attached hydrogens (tertiary/aromatic N) is 1. The average molecular weight is 263 g/mol. The summed E-state index contributed by atoms with van der Waals surface area (Å²) in [7, 11) is 1.66. The van der Waals surface area contributed by atoms with Gasteiger partial charge in [-0.2, -0.15) is 0 Å². The molecule has 0 aliphatic heterocycles. The van der Waals surface area contributed by atoms with E-state index in [9.17, 15) is 9.59 Å². The maximum atomic E-state index is 12.1. The van der Waals surface area contributed by atoms with Gasteiger partial charge in [0, 0.05) is 12.7 Å². The van der Waals surface area contributed by atoms with Crippen LogP contribution in [-0.4, -0.2) is 30.6 Å². The van der Waals surface area contributed by atoms with Gasteiger partial charge in [0.15, 0.2) is 0 Å². The lowest BCUT2D eigenvalue weighted by Gasteiger charge is -2.17. The zero-order chi connectivity index (χ0) is 14.0. The molecule has 1 aromatic carbocycles. The Hall–Kier alpha value is -2.04. The third-order valence-electron chi connectivity index (χ3n) is 3.29. The van der Waals surface area contributed by atoms with Crippen LogP contribution in [0.15, 0.2) is 24.3 Å². The maximum Gasteiger partial charge on any atom is 0.307 e. The highest BCUT2D eigenvalue weighted by molar-refractivity contribution is 5.99. The molecular formula is C14H17NO4. The Morgan fingerprint density at radius 3 is 2.42 bits per heavy atom. The average Bonchev–Trinajstić information content (AvgIpc) is 3.19. The van der Waals surface area contributed by atoms with Crippen LogP contribution < -0.4 is 9.64 Å². The Morgan fingerprint density at radius 1 is 1.32 bits per heavy atom. The van der Waals surface area contributed by atoms with Crippen LogP contribution in [0.5, 0.6) is 5.75 Å². The number of carbonyl (C=O) groups is 2. The lowest BCUT2D eigenvalue weighted by Crippen LogP contribution is -2.28. The Balaban J connectivity index is 2.01. The highest BCUT2D eigenvalue weighted by Gasteiger charge is 2.49. The Labute approximate surface area is 111 Å². The standard InChI is InChI=1S/C14H17NO4/c1-3-19-10-6-4-9(5-7-10)15(2)13(16)11-8-12(11)14(17)18/h4-7,11-12H,3,8H2,1-2H3,(H,17,18). The molecule has 1 aliphatic carbocycles. The Morgan fingerprint density at radius 2 is 1.95 bits per heavy atom. The molecule has 5 heteroatoms. The van der Waals surface area contributed by atoms with Crippen molar-refractivity contribution in [1.82, 2.24) is 0 Å². The molecule has 102 valence electrons. The van der Waals surface area contributed by atoms with Crippen molar-refractivity contribution in [2.75, 3.05) is 18.6 Å². The van der Waals surface area contributed by atoms with Crippen LogP contribution in [0.4, 0.5) is 5.69 Å². The second kappa shape index (κ2) is 5.30. The van der Waals surface area contributed by atoms with E-state index < -0.39 is 11.9 Å². The van der Waals surface area contributed by atoms with Crippen LogP contribution >= 0.6 is 0 Å². The number of carboxylic acids is 1. The molecule has 2 rings (SSSR count). The monoisotopic (exact) mass is 263 g/mol. The largest absolute Gasteiger partial charge is 0.494 e. The molecule has 1 amide bonds. The smallest absolute Gasteiger partial charge is 0.307 e. The van der Waals surface area contributed by atoms with Crippen LogP contribution in [0.2, 0.25) is 0 Å². The zero-order valence-corrected chi connectivity index (χ0v) is 11.0. The number of rotatable bonds is 5. The molecule has 2 atom stereocenters. The number of amides is 1. The van der Waals surface area contributed by atoms with Gasteiger partial charge in [0.25, 0.3) is 0 Å². The lowest BCUT2D eigenvalue weighted by atomic mass is 10.2. The molecule has 1 aliphatic rings. The van der Waals surface area contributed by atoms with E-state index in [2.05, 4.69) is 0 Å². The first-order chi connectivity index (χ1) is 9.04. The predicted octanol–water partition coefficient (Wildman–Crippen LogP) is 1.77. The highest BCUT2D eigenvalue weighted by Crippen LogP contribution is 2.40. The summed E-state index contributed by atoms with van der Waals surface area (Å²) in [5.41, 5.74) is 0.740. The second-order valence-corrected chi connectivity index (χ2v) is 4.61. The zero-order valence-electron chi connectivity index (χ0n) is 11.0. The van der Waals surface area contributed by atoms with E-state index >= 15 is 0 Å². The van der Waals surface area contributed by atoms with Crippen molar-refractivity contribution in [1.29, 1.82) is 0 Å². The number of hydrogen-bond donors (Lipinski definition) is 1. The van der Waals surface area contributed by atoms with Gasteiger partial charge in [-0.1, -0.05) is 0 Å². The van der Waals surface area contributed by atoms with Crippen molar-refractivity contribution < 1.29 is 19.4 Å². The van der Waals surface area contributed by atoms with Crippen LogP contribution in [0, 0.1) is 11.8 Å². The fourth-order valence-electron chi connectivity index (χ4n) is 2.05. The van der Waals surface area contributed by atoms with E-state index in [1.807, 2.05) is 6.92 Å². The number of ether oxygens (including phenoxy) is 1. The summed E-state index contributed by atoms with van der Waals surface area (Å²) in [6.07, 6.45) is 0.440. The maximum absolute atomic E-state index is 12.1. The normalized spacial score (nSPS) is 20.7. The topological polar surface area (TPSA) is 66.8 Å². The third-order valence-corrected chi connectivity index (χ3v) is 3.29. The Kier molecular flexibility index (Phi) is 3.74. The lowest BCUT2D eigenvalue weighted by molar-refractivity contribution is -0.139. The molecule has 1 saturated carbocycles. The second-order valence-electron chi connectivity index (χ2n) is 4.61. The van der Waals surface area contributed by atoms with Gasteiger partial charge in [0.05, 0.1) is 18.4 Å². The summed E-state index contributed by atoms with van der Waals surface area (Å²) in [6.45, 7) is 2.50. The molecular weight excluding hydrogens is 246 g/mol. The fourth-order valence-corrected chi connectivity index (χ4v) is 2.05. The first kappa shape index (κ1) is 13.4. The number of aliphatic carboxylic acids is 1. The number of carbonyl (C=O) groups excluding carboxylic acids is 1. The highest BCUT2D eigenvalue weighted by atomic mass is 16.5. The number of hydrogen-bond acceptors (Lipinski definition) is 3. The molecule has 0 bridgehead atoms. The summed E-state index contributed by atoms with van der Waals surface area (Å²) in [5, 5.41) is 8.83. The minimum absolute atomic E-state index is 0.142. The Bertz CT molecular complexity index is 483. The van der Waals surface area contributed by atoms with E-state index in [0.717, 1.165) is 11.4 Å². The number of benzene rings is 1. The molecule has 0 aromatic heterocycles. The van der Waals surface area contributed by atoms with E-state index in [1.54, 1.807) is 31.3 Å². The minimum Gasteiger partial charge on any atom is -0.494 e. The molecule has 0 saturated heterocycles. The fraction of sp³-hybridized carbons (Fsp3) is 0.429. The van der Waals surface area contributed by atoms with Gasteiger partial charge in [-0.25, -0.2) is 0 Å². The van der Waals surface area contributed by atoms with E-state index in [-0.39, 0.29) is 11.8 Å². The molecule has 19 heavy (non-hydrogen) atoms. The van der Waals surface area contributed by atoms with Crippen molar-refractivity contribution in [3.05, 3.63) is 24.3 Å². The van der Waals surface area contributed by atoms with Gasteiger partial charge in [-0.15, -0.1) is 0 Å². The summed E-state index contributed by atoms with van der Waals surface area (Å²) in [5.74, 6) is -1.18. The molecule has 5 nitrogen and oxygen atoms in total. The summed E-state index contributed by atoms with van der Waals surface area (Å²) in [6, 6.07) is 7.18. The van der Waals surface area contributed by atoms with Crippen molar-refractivity contribution in [3.8, 4) is 5.75 Å². The molecule has 2 unspecified atom stereocenters. The van der Waals surface area contributed by atoms with Crippen molar-refractivity contribution in [3.63, 3.8) is 0 Å². The van der Waals surface area contributed by atoms with Crippen molar-refractivity contribution in [2.45, 2.75) is 13.3 Å². The van der Waals surface area contributed by atoms with Crippen molar-refractivity contribution >= 4 is 17.6 Å². The summed E-state index contributed by atoms with van der Waals surface area (Å²) < 4.78 is 5.33. The minimum atomic E-state index is -0.890. The number of anilines is 1. The third kappa shape index (κ3) is 2.86. The summed E-state index contributed by atoms with van der Waals surface area (Å²) in [4.78, 5) is 24.3. The molecule has 0 radical (unpaired) electrons. The molecule has 1 fully saturated rings. The van der Waals surface area contributed by atoms with Crippen molar-refractivity contribution in [2.24, 2.45) is 11.8 Å². The van der Waals surface area contributed by atoms with Gasteiger partial charge in [0.1, 0.15) is 5.75 Å². The first-order valence-corrected chi connectivity index (χ1v) is 6.27. The predicted molar refractivity (Wildman–Crippen MR) is 70.3 cm³/mol. The van der Waals surface area contributed by atoms with Gasteiger partial charge in [0.2, 0.25) is 5.91 Å². The van der Waals surface area contributed by atoms with Crippen LogP contribution in [0.25, 0.3) is 0 Å². The quantitative estimate of drug-likeness (QED) is 0.879. The summed E-state index contributed by atoms with van der Waals surface area (Å²) >= 11 is 0. The van der Waals surface area contributed by atoms with Gasteiger partial charge in [-0.05, 0) is 37.6 Å². The molecule has 1 aromatic rings. The molecule has 0 heterocycles. The molecule has 0 spiro atoms. The van der Waals surface area contributed by atoms with E-state index in [4.69, 9.17) is 9.84 Å². The van der Waals surface area contributed by atoms with Gasteiger partial charge >= 0.3 is 5.97 Å². The SMILES string of the molecule is CCOc1ccc(N(C)C(=O)C2CC2C(=O)O)cc1. The van der Waals surface area contributed by atoms with Crippen LogP contribution in [0.1, 0.15) is 13.3 Å². The van der Waals surface area contributed by atoms with Crippen LogP contribution in [0.3, 0.4) is 0 Å². The van der Waals surface area contributed by atoms with E-state index in [0.29, 0.717) is 13.0 Å². The first-order valence-electron chi connectivity index (χ1n) is 6.27. The van der Waals surface area contributed by atoms with Gasteiger partial charge < -0.3 is 14.7 Å². The van der Waals surface area contributed by atoms with Crippen LogP contribution in [-0.2, 0) is 9.59 Å². The number of carboxylic acid groups (broad SMARTS) is 1. The van der Waals surface area contributed by atoms with Gasteiger partial charge in [-0.3, -0.25) is 9.59 Å². The van der Waals surface area contributed by atoms with E-state index in [1.165, 1.54) is 4.90 Å².